The average molecular weight is 208 g/mol. The van der Waals surface area contributed by atoms with Gasteiger partial charge in [0.05, 0.1) is 11.5 Å². The summed E-state index contributed by atoms with van der Waals surface area (Å²) >= 11 is 0. The predicted molar refractivity (Wildman–Crippen MR) is 50.4 cm³/mol. The van der Waals surface area contributed by atoms with Crippen molar-refractivity contribution >= 4 is 15.8 Å². The number of carboxylic acids is 1. The minimum atomic E-state index is -3.04. The third kappa shape index (κ3) is 7.77. The molecule has 0 spiro atoms. The van der Waals surface area contributed by atoms with Crippen LogP contribution in [0, 0.1) is 5.92 Å². The summed E-state index contributed by atoms with van der Waals surface area (Å²) in [6, 6.07) is 0. The van der Waals surface area contributed by atoms with Crippen molar-refractivity contribution in [2.24, 2.45) is 5.92 Å². The number of carbonyl (C=O) groups is 1. The average Bonchev–Trinajstić information content (AvgIpc) is 1.81. The highest BCUT2D eigenvalue weighted by Crippen LogP contribution is 2.03. The van der Waals surface area contributed by atoms with Gasteiger partial charge in [0.25, 0.3) is 0 Å². The van der Waals surface area contributed by atoms with Crippen molar-refractivity contribution in [1.82, 2.24) is 0 Å². The lowest BCUT2D eigenvalue weighted by atomic mass is 10.3. The van der Waals surface area contributed by atoms with Crippen molar-refractivity contribution in [3.05, 3.63) is 0 Å². The minimum Gasteiger partial charge on any atom is -0.481 e. The maximum atomic E-state index is 11.2. The molecule has 0 saturated heterocycles. The van der Waals surface area contributed by atoms with E-state index >= 15 is 0 Å². The monoisotopic (exact) mass is 208 g/mol. The summed E-state index contributed by atoms with van der Waals surface area (Å²) in [6.07, 6.45) is 0.141. The fraction of sp³-hybridized carbons (Fsp3) is 0.875. The molecule has 4 nitrogen and oxygen atoms in total. The van der Waals surface area contributed by atoms with Crippen LogP contribution in [0.4, 0.5) is 0 Å². The molecule has 0 amide bonds. The molecule has 0 aliphatic rings. The van der Waals surface area contributed by atoms with Gasteiger partial charge >= 0.3 is 5.97 Å². The quantitative estimate of drug-likeness (QED) is 0.704. The van der Waals surface area contributed by atoms with E-state index in [1.165, 1.54) is 0 Å². The first-order valence-electron chi connectivity index (χ1n) is 4.25. The lowest BCUT2D eigenvalue weighted by Gasteiger charge is -2.05. The molecule has 0 bridgehead atoms. The second-order valence-electron chi connectivity index (χ2n) is 3.51. The van der Waals surface area contributed by atoms with Crippen molar-refractivity contribution in [3.8, 4) is 0 Å². The topological polar surface area (TPSA) is 71.4 Å². The Morgan fingerprint density at radius 3 is 2.31 bits per heavy atom. The number of carboxylic acid groups (broad SMARTS) is 1. The summed E-state index contributed by atoms with van der Waals surface area (Å²) in [4.78, 5) is 10.1. The number of hydrogen-bond acceptors (Lipinski definition) is 3. The van der Waals surface area contributed by atoms with E-state index in [1.54, 1.807) is 0 Å². The maximum Gasteiger partial charge on any atom is 0.303 e. The Hall–Kier alpha value is -0.580. The molecular weight excluding hydrogens is 192 g/mol. The molecule has 0 fully saturated rings. The Kier molecular flexibility index (Phi) is 4.98. The first-order valence-corrected chi connectivity index (χ1v) is 6.08. The number of sulfone groups is 1. The minimum absolute atomic E-state index is 0.0164. The van der Waals surface area contributed by atoms with Crippen LogP contribution in [0.5, 0.6) is 0 Å². The lowest BCUT2D eigenvalue weighted by molar-refractivity contribution is -0.137. The fourth-order valence-electron chi connectivity index (χ4n) is 1.03. The van der Waals surface area contributed by atoms with Crippen molar-refractivity contribution in [2.75, 3.05) is 11.5 Å². The van der Waals surface area contributed by atoms with Crippen LogP contribution < -0.4 is 0 Å². The molecule has 0 saturated carbocycles. The summed E-state index contributed by atoms with van der Waals surface area (Å²) in [6.45, 7) is 3.66. The second-order valence-corrected chi connectivity index (χ2v) is 5.73. The molecule has 0 rings (SSSR count). The molecule has 0 aromatic rings. The number of rotatable bonds is 6. The van der Waals surface area contributed by atoms with Gasteiger partial charge in [-0.3, -0.25) is 4.79 Å². The normalized spacial score (nSPS) is 11.9. The molecule has 0 heterocycles. The molecule has 13 heavy (non-hydrogen) atoms. The van der Waals surface area contributed by atoms with Gasteiger partial charge in [0.1, 0.15) is 0 Å². The summed E-state index contributed by atoms with van der Waals surface area (Å²) < 4.78 is 22.5. The zero-order chi connectivity index (χ0) is 10.5. The largest absolute Gasteiger partial charge is 0.481 e. The van der Waals surface area contributed by atoms with Gasteiger partial charge in [0, 0.05) is 6.42 Å². The van der Waals surface area contributed by atoms with Gasteiger partial charge < -0.3 is 5.11 Å². The molecule has 1 N–H and O–H groups in total. The Morgan fingerprint density at radius 1 is 1.38 bits per heavy atom. The third-order valence-electron chi connectivity index (χ3n) is 1.43. The van der Waals surface area contributed by atoms with Gasteiger partial charge in [-0.15, -0.1) is 0 Å². The van der Waals surface area contributed by atoms with Crippen LogP contribution in [-0.2, 0) is 14.6 Å². The van der Waals surface area contributed by atoms with Crippen LogP contribution in [0.25, 0.3) is 0 Å². The van der Waals surface area contributed by atoms with Crippen LogP contribution in [-0.4, -0.2) is 31.0 Å². The first kappa shape index (κ1) is 12.4. The molecule has 0 unspecified atom stereocenters. The van der Waals surface area contributed by atoms with Crippen LogP contribution in [0.15, 0.2) is 0 Å². The van der Waals surface area contributed by atoms with Gasteiger partial charge in [-0.05, 0) is 12.3 Å². The van der Waals surface area contributed by atoms with Crippen LogP contribution in [0.2, 0.25) is 0 Å². The zero-order valence-electron chi connectivity index (χ0n) is 7.99. The molecule has 0 aliphatic heterocycles. The van der Waals surface area contributed by atoms with E-state index in [4.69, 9.17) is 5.11 Å². The molecule has 0 aromatic carbocycles. The van der Waals surface area contributed by atoms with E-state index < -0.39 is 15.8 Å². The summed E-state index contributed by atoms with van der Waals surface area (Å²) in [5, 5.41) is 8.30. The molecule has 78 valence electrons. The summed E-state index contributed by atoms with van der Waals surface area (Å²) in [5.74, 6) is -0.709. The zero-order valence-corrected chi connectivity index (χ0v) is 8.80. The van der Waals surface area contributed by atoms with Gasteiger partial charge in [0.2, 0.25) is 0 Å². The highest BCUT2D eigenvalue weighted by Gasteiger charge is 2.13. The maximum absolute atomic E-state index is 11.2. The first-order chi connectivity index (χ1) is 5.83. The number of aliphatic carboxylic acids is 1. The Morgan fingerprint density at radius 2 is 1.92 bits per heavy atom. The van der Waals surface area contributed by atoms with E-state index in [2.05, 4.69) is 0 Å². The highest BCUT2D eigenvalue weighted by atomic mass is 32.2. The van der Waals surface area contributed by atoms with E-state index in [1.807, 2.05) is 13.8 Å². The Labute approximate surface area is 78.9 Å². The van der Waals surface area contributed by atoms with Crippen molar-refractivity contribution in [2.45, 2.75) is 26.7 Å². The van der Waals surface area contributed by atoms with Crippen molar-refractivity contribution in [3.63, 3.8) is 0 Å². The third-order valence-corrected chi connectivity index (χ3v) is 3.52. The standard InChI is InChI=1S/C8H16O4S/c1-7(2)6-13(11,12)5-3-4-8(9)10/h7H,3-6H2,1-2H3,(H,9,10). The van der Waals surface area contributed by atoms with E-state index in [9.17, 15) is 13.2 Å². The van der Waals surface area contributed by atoms with Crippen LogP contribution in [0.3, 0.4) is 0 Å². The number of hydrogen-bond donors (Lipinski definition) is 1. The van der Waals surface area contributed by atoms with Crippen molar-refractivity contribution in [1.29, 1.82) is 0 Å². The van der Waals surface area contributed by atoms with Gasteiger partial charge in [0.15, 0.2) is 9.84 Å². The second kappa shape index (κ2) is 5.21. The lowest BCUT2D eigenvalue weighted by Crippen LogP contribution is -2.16. The Balaban J connectivity index is 3.84. The molecule has 0 atom stereocenters. The summed E-state index contributed by atoms with van der Waals surface area (Å²) in [7, 11) is -3.04. The van der Waals surface area contributed by atoms with Crippen LogP contribution >= 0.6 is 0 Å². The van der Waals surface area contributed by atoms with E-state index in [0.717, 1.165) is 0 Å². The van der Waals surface area contributed by atoms with Gasteiger partial charge in [-0.1, -0.05) is 13.8 Å². The molecule has 0 aromatic heterocycles. The van der Waals surface area contributed by atoms with Crippen molar-refractivity contribution < 1.29 is 18.3 Å². The highest BCUT2D eigenvalue weighted by molar-refractivity contribution is 7.91. The molecular formula is C8H16O4S. The molecule has 5 heteroatoms. The van der Waals surface area contributed by atoms with Crippen LogP contribution in [0.1, 0.15) is 26.7 Å². The summed E-state index contributed by atoms with van der Waals surface area (Å²) in [5.41, 5.74) is 0. The molecule has 0 radical (unpaired) electrons. The Bertz CT molecular complexity index is 253. The van der Waals surface area contributed by atoms with E-state index in [0.29, 0.717) is 0 Å². The smallest absolute Gasteiger partial charge is 0.303 e. The predicted octanol–water partition coefficient (Wildman–Crippen LogP) is 0.922. The molecule has 0 aliphatic carbocycles. The van der Waals surface area contributed by atoms with Gasteiger partial charge in [-0.25, -0.2) is 8.42 Å². The fourth-order valence-corrected chi connectivity index (χ4v) is 2.80. The van der Waals surface area contributed by atoms with E-state index in [-0.39, 0.29) is 30.3 Å². The van der Waals surface area contributed by atoms with Gasteiger partial charge in [-0.2, -0.15) is 0 Å². The SMILES string of the molecule is CC(C)CS(=O)(=O)CCCC(=O)O.